The van der Waals surface area contributed by atoms with E-state index in [2.05, 4.69) is 16.7 Å². The van der Waals surface area contributed by atoms with Crippen LogP contribution in [0.4, 0.5) is 0 Å². The van der Waals surface area contributed by atoms with E-state index in [1.54, 1.807) is 6.26 Å². The largest absolute Gasteiger partial charge is 0.468 e. The fourth-order valence-electron chi connectivity index (χ4n) is 2.27. The zero-order valence-electron chi connectivity index (χ0n) is 11.3. The van der Waals surface area contributed by atoms with Crippen LogP contribution >= 0.6 is 0 Å². The normalized spacial score (nSPS) is 15.1. The second-order valence-electron chi connectivity index (χ2n) is 4.89. The molecule has 104 valence electrons. The first kappa shape index (κ1) is 13.9. The molecule has 0 aliphatic heterocycles. The van der Waals surface area contributed by atoms with Gasteiger partial charge in [0.15, 0.2) is 0 Å². The zero-order valence-corrected chi connectivity index (χ0v) is 11.3. The van der Waals surface area contributed by atoms with Crippen molar-refractivity contribution in [1.82, 2.24) is 10.6 Å². The summed E-state index contributed by atoms with van der Waals surface area (Å²) in [4.78, 5) is 11.6. The second kappa shape index (κ2) is 7.79. The van der Waals surface area contributed by atoms with Crippen LogP contribution in [0.15, 0.2) is 34.5 Å². The lowest BCUT2D eigenvalue weighted by molar-refractivity contribution is -0.120. The first-order chi connectivity index (χ1) is 9.34. The molecule has 0 saturated carbocycles. The standard InChI is InChI=1S/C15H22N2O2/c18-15(12-16-11-14-7-4-10-19-14)17-9-8-13-5-2-1-3-6-13/h4-5,7,10,16H,1-3,6,8-9,11-12H2,(H,17,18). The maximum absolute atomic E-state index is 11.6. The summed E-state index contributed by atoms with van der Waals surface area (Å²) in [5.41, 5.74) is 1.50. The highest BCUT2D eigenvalue weighted by Gasteiger charge is 2.05. The number of rotatable bonds is 7. The number of amides is 1. The Bertz CT molecular complexity index is 410. The number of carbonyl (C=O) groups excluding carboxylic acids is 1. The fourth-order valence-corrected chi connectivity index (χ4v) is 2.27. The van der Waals surface area contributed by atoms with Crippen LogP contribution in [0, 0.1) is 0 Å². The quantitative estimate of drug-likeness (QED) is 0.742. The topological polar surface area (TPSA) is 54.3 Å². The molecule has 0 spiro atoms. The Balaban J connectivity index is 1.53. The highest BCUT2D eigenvalue weighted by molar-refractivity contribution is 5.77. The number of nitrogens with one attached hydrogen (secondary N) is 2. The molecule has 1 aliphatic rings. The van der Waals surface area contributed by atoms with E-state index in [-0.39, 0.29) is 5.91 Å². The van der Waals surface area contributed by atoms with Gasteiger partial charge in [-0.05, 0) is 44.2 Å². The maximum atomic E-state index is 11.6. The molecule has 0 aromatic carbocycles. The van der Waals surface area contributed by atoms with E-state index in [0.717, 1.165) is 18.7 Å². The molecule has 2 rings (SSSR count). The summed E-state index contributed by atoms with van der Waals surface area (Å²) in [6, 6.07) is 3.73. The predicted octanol–water partition coefficient (Wildman–Crippen LogP) is 2.38. The van der Waals surface area contributed by atoms with Gasteiger partial charge < -0.3 is 15.1 Å². The molecule has 1 aromatic heterocycles. The van der Waals surface area contributed by atoms with Gasteiger partial charge in [0.2, 0.25) is 5.91 Å². The van der Waals surface area contributed by atoms with E-state index >= 15 is 0 Å². The summed E-state index contributed by atoms with van der Waals surface area (Å²) in [6.07, 6.45) is 9.96. The molecular formula is C15H22N2O2. The van der Waals surface area contributed by atoms with E-state index < -0.39 is 0 Å². The molecule has 19 heavy (non-hydrogen) atoms. The van der Waals surface area contributed by atoms with Crippen LogP contribution in [0.1, 0.15) is 37.9 Å². The van der Waals surface area contributed by atoms with E-state index in [0.29, 0.717) is 13.1 Å². The lowest BCUT2D eigenvalue weighted by Crippen LogP contribution is -2.34. The van der Waals surface area contributed by atoms with E-state index in [1.807, 2.05) is 12.1 Å². The molecule has 0 saturated heterocycles. The van der Waals surface area contributed by atoms with Crippen molar-refractivity contribution >= 4 is 5.91 Å². The molecule has 0 radical (unpaired) electrons. The minimum absolute atomic E-state index is 0.0444. The SMILES string of the molecule is O=C(CNCc1ccco1)NCCC1=CCCCC1. The van der Waals surface area contributed by atoms with Gasteiger partial charge in [0, 0.05) is 6.54 Å². The van der Waals surface area contributed by atoms with Crippen molar-refractivity contribution in [2.45, 2.75) is 38.6 Å². The lowest BCUT2D eigenvalue weighted by Gasteiger charge is -2.13. The summed E-state index contributed by atoms with van der Waals surface area (Å²) < 4.78 is 5.17. The third kappa shape index (κ3) is 5.30. The number of hydrogen-bond acceptors (Lipinski definition) is 3. The van der Waals surface area contributed by atoms with Gasteiger partial charge >= 0.3 is 0 Å². The van der Waals surface area contributed by atoms with Crippen molar-refractivity contribution in [1.29, 1.82) is 0 Å². The fraction of sp³-hybridized carbons (Fsp3) is 0.533. The molecule has 1 aromatic rings. The highest BCUT2D eigenvalue weighted by Crippen LogP contribution is 2.19. The Hall–Kier alpha value is -1.55. The average molecular weight is 262 g/mol. The summed E-state index contributed by atoms with van der Waals surface area (Å²) in [6.45, 7) is 1.67. The summed E-state index contributed by atoms with van der Waals surface area (Å²) in [5.74, 6) is 0.892. The predicted molar refractivity (Wildman–Crippen MR) is 74.6 cm³/mol. The van der Waals surface area contributed by atoms with Gasteiger partial charge in [-0.15, -0.1) is 0 Å². The van der Waals surface area contributed by atoms with Gasteiger partial charge in [-0.25, -0.2) is 0 Å². The Kier molecular flexibility index (Phi) is 5.69. The average Bonchev–Trinajstić information content (AvgIpc) is 2.93. The number of carbonyl (C=O) groups is 1. The van der Waals surface area contributed by atoms with Gasteiger partial charge in [0.25, 0.3) is 0 Å². The van der Waals surface area contributed by atoms with E-state index in [4.69, 9.17) is 4.42 Å². The van der Waals surface area contributed by atoms with Gasteiger partial charge in [-0.2, -0.15) is 0 Å². The first-order valence-corrected chi connectivity index (χ1v) is 7.02. The van der Waals surface area contributed by atoms with Gasteiger partial charge in [-0.3, -0.25) is 4.79 Å². The van der Waals surface area contributed by atoms with Crippen molar-refractivity contribution in [2.24, 2.45) is 0 Å². The molecule has 4 nitrogen and oxygen atoms in total. The van der Waals surface area contributed by atoms with Crippen LogP contribution < -0.4 is 10.6 Å². The second-order valence-corrected chi connectivity index (χ2v) is 4.89. The Morgan fingerprint density at radius 2 is 2.32 bits per heavy atom. The molecule has 1 heterocycles. The monoisotopic (exact) mass is 262 g/mol. The van der Waals surface area contributed by atoms with Crippen LogP contribution in [-0.4, -0.2) is 19.0 Å². The molecule has 4 heteroatoms. The number of allylic oxidation sites excluding steroid dienone is 1. The highest BCUT2D eigenvalue weighted by atomic mass is 16.3. The van der Waals surface area contributed by atoms with Crippen LogP contribution in [0.5, 0.6) is 0 Å². The van der Waals surface area contributed by atoms with Crippen molar-refractivity contribution in [2.75, 3.05) is 13.1 Å². The number of hydrogen-bond donors (Lipinski definition) is 2. The lowest BCUT2D eigenvalue weighted by atomic mass is 9.97. The van der Waals surface area contributed by atoms with Crippen molar-refractivity contribution in [3.8, 4) is 0 Å². The number of furan rings is 1. The zero-order chi connectivity index (χ0) is 13.3. The van der Waals surface area contributed by atoms with Crippen molar-refractivity contribution in [3.05, 3.63) is 35.8 Å². The van der Waals surface area contributed by atoms with Crippen LogP contribution in [-0.2, 0) is 11.3 Å². The summed E-state index contributed by atoms with van der Waals surface area (Å²) in [5, 5.41) is 5.99. The third-order valence-corrected chi connectivity index (χ3v) is 3.32. The van der Waals surface area contributed by atoms with Gasteiger partial charge in [0.1, 0.15) is 5.76 Å². The molecule has 1 aliphatic carbocycles. The molecule has 0 fully saturated rings. The Morgan fingerprint density at radius 1 is 1.37 bits per heavy atom. The Morgan fingerprint density at radius 3 is 3.05 bits per heavy atom. The molecular weight excluding hydrogens is 240 g/mol. The maximum Gasteiger partial charge on any atom is 0.233 e. The molecule has 0 atom stereocenters. The summed E-state index contributed by atoms with van der Waals surface area (Å²) in [7, 11) is 0. The smallest absolute Gasteiger partial charge is 0.233 e. The third-order valence-electron chi connectivity index (χ3n) is 3.32. The minimum atomic E-state index is 0.0444. The van der Waals surface area contributed by atoms with Gasteiger partial charge in [0.05, 0.1) is 19.4 Å². The van der Waals surface area contributed by atoms with Crippen LogP contribution in [0.2, 0.25) is 0 Å². The van der Waals surface area contributed by atoms with E-state index in [1.165, 1.54) is 31.3 Å². The molecule has 1 amide bonds. The minimum Gasteiger partial charge on any atom is -0.468 e. The first-order valence-electron chi connectivity index (χ1n) is 7.02. The van der Waals surface area contributed by atoms with Crippen molar-refractivity contribution < 1.29 is 9.21 Å². The molecule has 0 bridgehead atoms. The van der Waals surface area contributed by atoms with Crippen LogP contribution in [0.25, 0.3) is 0 Å². The van der Waals surface area contributed by atoms with Gasteiger partial charge in [-0.1, -0.05) is 11.6 Å². The molecule has 0 unspecified atom stereocenters. The van der Waals surface area contributed by atoms with E-state index in [9.17, 15) is 4.79 Å². The Labute approximate surface area is 114 Å². The summed E-state index contributed by atoms with van der Waals surface area (Å²) >= 11 is 0. The molecule has 2 N–H and O–H groups in total. The van der Waals surface area contributed by atoms with Crippen molar-refractivity contribution in [3.63, 3.8) is 0 Å². The van der Waals surface area contributed by atoms with Crippen LogP contribution in [0.3, 0.4) is 0 Å².